The van der Waals surface area contributed by atoms with Crippen molar-refractivity contribution in [2.75, 3.05) is 0 Å². The van der Waals surface area contributed by atoms with E-state index in [1.165, 1.54) is 0 Å². The second-order valence-corrected chi connectivity index (χ2v) is 6.18. The summed E-state index contributed by atoms with van der Waals surface area (Å²) in [5, 5.41) is 39.6. The van der Waals surface area contributed by atoms with Crippen LogP contribution in [-0.2, 0) is 16.8 Å². The number of aliphatic hydroxyl groups is 1. The van der Waals surface area contributed by atoms with Crippen LogP contribution in [0.25, 0.3) is 0 Å². The van der Waals surface area contributed by atoms with Crippen molar-refractivity contribution in [3.8, 4) is 0 Å². The normalized spacial score (nSPS) is 19.6. The maximum absolute atomic E-state index is 10.1. The number of nitrogens with zero attached hydrogens (tertiary/aromatic N) is 6. The maximum Gasteiger partial charge on any atom is 2.00 e. The molecule has 0 aliphatic heterocycles. The number of aromatic nitrogens is 2. The third-order valence-electron chi connectivity index (χ3n) is 3.84. The second-order valence-electron chi connectivity index (χ2n) is 6.18. The molecule has 3 rings (SSSR count). The van der Waals surface area contributed by atoms with E-state index in [-0.39, 0.29) is 35.0 Å². The van der Waals surface area contributed by atoms with Gasteiger partial charge >= 0.3 is 16.8 Å². The standard InChI is InChI=1S/C18H20N4O.Co.2NO3/c23-18-10-16(21-12-14-5-1-3-7-19-14)9-17(11-18)22-13-15-6-2-4-8-20-15;;2*2-1(3)4/h1-8,12-13,16-18,23H,9-11H2;;;/q;+2;2*-1/t16-,17+,18?;;;. The zero-order chi connectivity index (χ0) is 23.1. The summed E-state index contributed by atoms with van der Waals surface area (Å²) < 4.78 is 0. The summed E-state index contributed by atoms with van der Waals surface area (Å²) in [5.41, 5.74) is 1.67. The molecule has 2 aromatic heterocycles. The molecule has 1 aliphatic carbocycles. The summed E-state index contributed by atoms with van der Waals surface area (Å²) in [7, 11) is 0. The topological polar surface area (TPSA) is 203 Å². The first kappa shape index (κ1) is 28.5. The molecule has 2 aromatic rings. The van der Waals surface area contributed by atoms with E-state index in [1.807, 2.05) is 36.4 Å². The van der Waals surface area contributed by atoms with Crippen LogP contribution < -0.4 is 0 Å². The van der Waals surface area contributed by atoms with Crippen LogP contribution in [0.4, 0.5) is 0 Å². The van der Waals surface area contributed by atoms with E-state index in [2.05, 4.69) is 20.0 Å². The Morgan fingerprint density at radius 3 is 1.50 bits per heavy atom. The molecule has 14 heteroatoms. The van der Waals surface area contributed by atoms with Crippen LogP contribution >= 0.6 is 0 Å². The smallest absolute Gasteiger partial charge is 0.393 e. The van der Waals surface area contributed by atoms with Gasteiger partial charge in [-0.05, 0) is 43.5 Å². The van der Waals surface area contributed by atoms with Gasteiger partial charge in [-0.15, -0.1) is 0 Å². The Kier molecular flexibility index (Phi) is 14.5. The van der Waals surface area contributed by atoms with E-state index in [9.17, 15) is 5.11 Å². The Labute approximate surface area is 193 Å². The van der Waals surface area contributed by atoms with Gasteiger partial charge in [-0.25, -0.2) is 0 Å². The number of aliphatic hydroxyl groups excluding tert-OH is 1. The number of hydrogen-bond donors (Lipinski definition) is 1. The summed E-state index contributed by atoms with van der Waals surface area (Å²) >= 11 is 0. The van der Waals surface area contributed by atoms with Crippen molar-refractivity contribution in [1.82, 2.24) is 9.97 Å². The second kappa shape index (κ2) is 16.2. The van der Waals surface area contributed by atoms with Crippen molar-refractivity contribution in [2.45, 2.75) is 37.5 Å². The number of hydrogen-bond acceptors (Lipinski definition) is 11. The van der Waals surface area contributed by atoms with Gasteiger partial charge in [0.15, 0.2) is 0 Å². The first-order valence-electron chi connectivity index (χ1n) is 8.95. The SMILES string of the molecule is O=[N+]([O-])[O-].O=[N+]([O-])[O-].OC1C[C@@H](N=Cc2ccccn2)C[C@@H](N=Cc2ccccn2)C1.[Co+2]. The van der Waals surface area contributed by atoms with E-state index in [0.717, 1.165) is 17.8 Å². The van der Waals surface area contributed by atoms with Gasteiger partial charge in [0.25, 0.3) is 0 Å². The molecule has 3 atom stereocenters. The molecule has 1 aliphatic rings. The first-order valence-corrected chi connectivity index (χ1v) is 8.95. The molecule has 0 aromatic carbocycles. The molecule has 1 saturated carbocycles. The van der Waals surface area contributed by atoms with Crippen molar-refractivity contribution >= 4 is 12.4 Å². The third kappa shape index (κ3) is 14.5. The quantitative estimate of drug-likeness (QED) is 0.376. The van der Waals surface area contributed by atoms with E-state index < -0.39 is 10.2 Å². The van der Waals surface area contributed by atoms with E-state index in [4.69, 9.17) is 30.6 Å². The fraction of sp³-hybridized carbons (Fsp3) is 0.333. The van der Waals surface area contributed by atoms with Gasteiger partial charge in [0.2, 0.25) is 0 Å². The zero-order valence-corrected chi connectivity index (χ0v) is 17.6. The van der Waals surface area contributed by atoms with Crippen LogP contribution in [-0.4, -0.2) is 55.9 Å². The molecule has 32 heavy (non-hydrogen) atoms. The average Bonchev–Trinajstić information content (AvgIpc) is 2.71. The molecule has 1 unspecified atom stereocenters. The van der Waals surface area contributed by atoms with Crippen molar-refractivity contribution in [3.63, 3.8) is 0 Å². The van der Waals surface area contributed by atoms with Gasteiger partial charge in [-0.1, -0.05) is 12.1 Å². The molecule has 0 amide bonds. The van der Waals surface area contributed by atoms with Crippen molar-refractivity contribution in [2.24, 2.45) is 9.98 Å². The maximum atomic E-state index is 10.1. The molecule has 0 spiro atoms. The summed E-state index contributed by atoms with van der Waals surface area (Å²) in [5.74, 6) is 0. The average molecular weight is 491 g/mol. The summed E-state index contributed by atoms with van der Waals surface area (Å²) in [6, 6.07) is 11.6. The van der Waals surface area contributed by atoms with Gasteiger partial charge in [0.05, 0.1) is 39.7 Å². The van der Waals surface area contributed by atoms with Crippen molar-refractivity contribution in [1.29, 1.82) is 0 Å². The molecule has 0 bridgehead atoms. The van der Waals surface area contributed by atoms with Gasteiger partial charge in [-0.2, -0.15) is 0 Å². The minimum absolute atomic E-state index is 0. The molecule has 173 valence electrons. The van der Waals surface area contributed by atoms with Gasteiger partial charge < -0.3 is 35.7 Å². The summed E-state index contributed by atoms with van der Waals surface area (Å²) in [6.07, 6.45) is 8.89. The molecule has 1 radical (unpaired) electrons. The molecule has 2 heterocycles. The Morgan fingerprint density at radius 2 is 1.19 bits per heavy atom. The Morgan fingerprint density at radius 1 is 0.812 bits per heavy atom. The molecular formula is C18H20CoN6O7. The van der Waals surface area contributed by atoms with Crippen LogP contribution in [0, 0.1) is 30.6 Å². The van der Waals surface area contributed by atoms with E-state index >= 15 is 0 Å². The van der Waals surface area contributed by atoms with E-state index in [0.29, 0.717) is 12.8 Å². The minimum atomic E-state index is -1.75. The van der Waals surface area contributed by atoms with Crippen LogP contribution in [0.1, 0.15) is 30.7 Å². The third-order valence-corrected chi connectivity index (χ3v) is 3.84. The van der Waals surface area contributed by atoms with Crippen LogP contribution in [0.5, 0.6) is 0 Å². The molecule has 13 nitrogen and oxygen atoms in total. The molecular weight excluding hydrogens is 471 g/mol. The number of aliphatic imine (C=N–C) groups is 2. The van der Waals surface area contributed by atoms with Gasteiger partial charge in [-0.3, -0.25) is 20.0 Å². The Bertz CT molecular complexity index is 780. The Balaban J connectivity index is 0.000000928. The summed E-state index contributed by atoms with van der Waals surface area (Å²) in [4.78, 5) is 34.1. The van der Waals surface area contributed by atoms with Crippen LogP contribution in [0.15, 0.2) is 58.8 Å². The predicted molar refractivity (Wildman–Crippen MR) is 112 cm³/mol. The monoisotopic (exact) mass is 491 g/mol. The number of pyridine rings is 2. The fourth-order valence-corrected chi connectivity index (χ4v) is 2.74. The van der Waals surface area contributed by atoms with E-state index in [1.54, 1.807) is 24.8 Å². The summed E-state index contributed by atoms with van der Waals surface area (Å²) in [6.45, 7) is 0. The molecule has 0 saturated heterocycles. The molecule has 1 N–H and O–H groups in total. The van der Waals surface area contributed by atoms with Gasteiger partial charge in [0.1, 0.15) is 0 Å². The van der Waals surface area contributed by atoms with Crippen molar-refractivity contribution < 1.29 is 32.1 Å². The Hall–Kier alpha value is -3.49. The largest absolute Gasteiger partial charge is 2.00 e. The van der Waals surface area contributed by atoms with Crippen LogP contribution in [0.2, 0.25) is 0 Å². The predicted octanol–water partition coefficient (Wildman–Crippen LogP) is 1.82. The van der Waals surface area contributed by atoms with Crippen molar-refractivity contribution in [3.05, 3.63) is 90.8 Å². The molecule has 1 fully saturated rings. The van der Waals surface area contributed by atoms with Gasteiger partial charge in [0, 0.05) is 24.8 Å². The first-order chi connectivity index (χ1) is 14.8. The minimum Gasteiger partial charge on any atom is -0.393 e. The fourth-order valence-electron chi connectivity index (χ4n) is 2.74. The zero-order valence-electron chi connectivity index (χ0n) is 16.5. The van der Waals surface area contributed by atoms with Crippen LogP contribution in [0.3, 0.4) is 0 Å². The number of rotatable bonds is 4.